The Bertz CT molecular complexity index is 556. The molecular formula is C14H19FN4O. The third-order valence-corrected chi connectivity index (χ3v) is 3.03. The Kier molecular flexibility index (Phi) is 4.81. The fraction of sp³-hybridized carbons (Fsp3) is 0.429. The molecule has 6 heteroatoms. The van der Waals surface area contributed by atoms with E-state index in [2.05, 4.69) is 28.9 Å². The SMILES string of the molecule is CC(C)N(Cc1cccc(F)c1)Cc1noc(CN)n1. The largest absolute Gasteiger partial charge is 0.338 e. The first kappa shape index (κ1) is 14.6. The van der Waals surface area contributed by atoms with Crippen molar-refractivity contribution >= 4 is 0 Å². The van der Waals surface area contributed by atoms with Crippen LogP contribution in [0.4, 0.5) is 4.39 Å². The average Bonchev–Trinajstić information content (AvgIpc) is 2.85. The van der Waals surface area contributed by atoms with E-state index in [0.717, 1.165) is 5.56 Å². The highest BCUT2D eigenvalue weighted by Gasteiger charge is 2.15. The molecule has 0 bridgehead atoms. The van der Waals surface area contributed by atoms with Crippen molar-refractivity contribution in [3.05, 3.63) is 47.4 Å². The molecule has 0 aliphatic rings. The summed E-state index contributed by atoms with van der Waals surface area (Å²) in [5.74, 6) is 0.793. The number of hydrogen-bond donors (Lipinski definition) is 1. The summed E-state index contributed by atoms with van der Waals surface area (Å²) in [5.41, 5.74) is 6.36. The molecule has 0 aliphatic carbocycles. The van der Waals surface area contributed by atoms with Gasteiger partial charge in [-0.2, -0.15) is 4.98 Å². The fourth-order valence-electron chi connectivity index (χ4n) is 1.91. The van der Waals surface area contributed by atoms with Crippen LogP contribution < -0.4 is 5.73 Å². The topological polar surface area (TPSA) is 68.2 Å². The minimum atomic E-state index is -0.226. The van der Waals surface area contributed by atoms with Gasteiger partial charge in [0.1, 0.15) is 5.82 Å². The Morgan fingerprint density at radius 3 is 2.75 bits per heavy atom. The summed E-state index contributed by atoms with van der Waals surface area (Å²) >= 11 is 0. The smallest absolute Gasteiger partial charge is 0.240 e. The maximum Gasteiger partial charge on any atom is 0.240 e. The average molecular weight is 278 g/mol. The quantitative estimate of drug-likeness (QED) is 0.876. The van der Waals surface area contributed by atoms with E-state index in [1.807, 2.05) is 6.07 Å². The highest BCUT2D eigenvalue weighted by molar-refractivity contribution is 5.16. The van der Waals surface area contributed by atoms with Crippen LogP contribution in [-0.2, 0) is 19.6 Å². The van der Waals surface area contributed by atoms with E-state index < -0.39 is 0 Å². The van der Waals surface area contributed by atoms with Crippen molar-refractivity contribution in [1.82, 2.24) is 15.0 Å². The number of nitrogens with zero attached hydrogens (tertiary/aromatic N) is 3. The van der Waals surface area contributed by atoms with Crippen LogP contribution in [-0.4, -0.2) is 21.1 Å². The first-order valence-electron chi connectivity index (χ1n) is 6.58. The summed E-state index contributed by atoms with van der Waals surface area (Å²) in [7, 11) is 0. The van der Waals surface area contributed by atoms with E-state index in [4.69, 9.17) is 10.3 Å². The molecule has 0 atom stereocenters. The Morgan fingerprint density at radius 2 is 2.15 bits per heavy atom. The van der Waals surface area contributed by atoms with Gasteiger partial charge in [-0.3, -0.25) is 4.90 Å². The summed E-state index contributed by atoms with van der Waals surface area (Å²) in [6.45, 7) is 5.55. The normalized spacial score (nSPS) is 11.5. The van der Waals surface area contributed by atoms with Gasteiger partial charge in [0.25, 0.3) is 0 Å². The molecule has 1 aromatic carbocycles. The first-order chi connectivity index (χ1) is 9.58. The first-order valence-corrected chi connectivity index (χ1v) is 6.58. The van der Waals surface area contributed by atoms with Crippen molar-refractivity contribution < 1.29 is 8.91 Å². The molecule has 108 valence electrons. The van der Waals surface area contributed by atoms with Crippen molar-refractivity contribution in [2.24, 2.45) is 5.73 Å². The molecule has 0 unspecified atom stereocenters. The standard InChI is InChI=1S/C14H19FN4O/c1-10(2)19(8-11-4-3-5-12(15)6-11)9-13-17-14(7-16)20-18-13/h3-6,10H,7-9,16H2,1-2H3. The van der Waals surface area contributed by atoms with Gasteiger partial charge in [0.15, 0.2) is 5.82 Å². The predicted molar refractivity (Wildman–Crippen MR) is 73.0 cm³/mol. The Morgan fingerprint density at radius 1 is 1.35 bits per heavy atom. The minimum Gasteiger partial charge on any atom is -0.338 e. The van der Waals surface area contributed by atoms with Gasteiger partial charge < -0.3 is 10.3 Å². The molecular weight excluding hydrogens is 259 g/mol. The molecule has 0 spiro atoms. The van der Waals surface area contributed by atoms with Crippen LogP contribution >= 0.6 is 0 Å². The molecule has 2 rings (SSSR count). The minimum absolute atomic E-state index is 0.226. The third-order valence-electron chi connectivity index (χ3n) is 3.03. The zero-order valence-electron chi connectivity index (χ0n) is 11.7. The molecule has 0 aliphatic heterocycles. The van der Waals surface area contributed by atoms with Crippen LogP contribution in [0.2, 0.25) is 0 Å². The zero-order chi connectivity index (χ0) is 14.5. The molecule has 0 amide bonds. The number of hydrogen-bond acceptors (Lipinski definition) is 5. The lowest BCUT2D eigenvalue weighted by atomic mass is 10.2. The van der Waals surface area contributed by atoms with E-state index in [9.17, 15) is 4.39 Å². The lowest BCUT2D eigenvalue weighted by Crippen LogP contribution is -2.30. The molecule has 0 saturated heterocycles. The molecule has 0 fully saturated rings. The van der Waals surface area contributed by atoms with Gasteiger partial charge in [-0.05, 0) is 31.5 Å². The second-order valence-corrected chi connectivity index (χ2v) is 4.94. The molecule has 1 heterocycles. The van der Waals surface area contributed by atoms with E-state index in [0.29, 0.717) is 24.8 Å². The van der Waals surface area contributed by atoms with E-state index in [-0.39, 0.29) is 18.4 Å². The Balaban J connectivity index is 2.07. The van der Waals surface area contributed by atoms with Gasteiger partial charge in [-0.15, -0.1) is 0 Å². The summed E-state index contributed by atoms with van der Waals surface area (Å²) in [6, 6.07) is 6.87. The summed E-state index contributed by atoms with van der Waals surface area (Å²) in [6.07, 6.45) is 0. The Labute approximate surface area is 117 Å². The number of aromatic nitrogens is 2. The van der Waals surface area contributed by atoms with Crippen LogP contribution in [0, 0.1) is 5.82 Å². The summed E-state index contributed by atoms with van der Waals surface area (Å²) in [5, 5.41) is 3.89. The molecule has 0 saturated carbocycles. The number of halogens is 1. The number of rotatable bonds is 6. The van der Waals surface area contributed by atoms with Gasteiger partial charge in [-0.25, -0.2) is 4.39 Å². The van der Waals surface area contributed by atoms with Gasteiger partial charge in [0, 0.05) is 12.6 Å². The summed E-state index contributed by atoms with van der Waals surface area (Å²) in [4.78, 5) is 6.33. The second-order valence-electron chi connectivity index (χ2n) is 4.94. The second kappa shape index (κ2) is 6.58. The molecule has 5 nitrogen and oxygen atoms in total. The fourth-order valence-corrected chi connectivity index (χ4v) is 1.91. The van der Waals surface area contributed by atoms with Gasteiger partial charge in [0.05, 0.1) is 13.1 Å². The lowest BCUT2D eigenvalue weighted by Gasteiger charge is -2.25. The van der Waals surface area contributed by atoms with Crippen LogP contribution in [0.15, 0.2) is 28.8 Å². The van der Waals surface area contributed by atoms with Crippen molar-refractivity contribution in [3.63, 3.8) is 0 Å². The van der Waals surface area contributed by atoms with E-state index >= 15 is 0 Å². The van der Waals surface area contributed by atoms with Gasteiger partial charge in [0.2, 0.25) is 5.89 Å². The maximum absolute atomic E-state index is 13.2. The van der Waals surface area contributed by atoms with E-state index in [1.54, 1.807) is 6.07 Å². The zero-order valence-corrected chi connectivity index (χ0v) is 11.7. The summed E-state index contributed by atoms with van der Waals surface area (Å²) < 4.78 is 18.2. The molecule has 2 aromatic rings. The van der Waals surface area contributed by atoms with Crippen LogP contribution in [0.1, 0.15) is 31.1 Å². The van der Waals surface area contributed by atoms with Crippen molar-refractivity contribution in [2.45, 2.75) is 39.5 Å². The van der Waals surface area contributed by atoms with Crippen LogP contribution in [0.5, 0.6) is 0 Å². The monoisotopic (exact) mass is 278 g/mol. The number of nitrogens with two attached hydrogens (primary N) is 1. The Hall–Kier alpha value is -1.79. The molecule has 2 N–H and O–H groups in total. The predicted octanol–water partition coefficient (Wildman–Crippen LogP) is 2.08. The maximum atomic E-state index is 13.2. The van der Waals surface area contributed by atoms with E-state index in [1.165, 1.54) is 12.1 Å². The lowest BCUT2D eigenvalue weighted by molar-refractivity contribution is 0.195. The number of benzene rings is 1. The molecule has 20 heavy (non-hydrogen) atoms. The third kappa shape index (κ3) is 3.85. The van der Waals surface area contributed by atoms with Crippen LogP contribution in [0.3, 0.4) is 0 Å². The molecule has 0 radical (unpaired) electrons. The highest BCUT2D eigenvalue weighted by atomic mass is 19.1. The van der Waals surface area contributed by atoms with Crippen molar-refractivity contribution in [1.29, 1.82) is 0 Å². The van der Waals surface area contributed by atoms with Crippen molar-refractivity contribution in [3.8, 4) is 0 Å². The highest BCUT2D eigenvalue weighted by Crippen LogP contribution is 2.13. The van der Waals surface area contributed by atoms with Crippen molar-refractivity contribution in [2.75, 3.05) is 0 Å². The van der Waals surface area contributed by atoms with Gasteiger partial charge >= 0.3 is 0 Å². The molecule has 1 aromatic heterocycles. The van der Waals surface area contributed by atoms with Crippen LogP contribution in [0.25, 0.3) is 0 Å². The van der Waals surface area contributed by atoms with Gasteiger partial charge in [-0.1, -0.05) is 17.3 Å².